The van der Waals surface area contributed by atoms with Crippen molar-refractivity contribution in [2.24, 2.45) is 0 Å². The summed E-state index contributed by atoms with van der Waals surface area (Å²) in [5.41, 5.74) is 2.16. The molecule has 0 aromatic heterocycles. The standard InChI is InChI=1S/C25H32O4/c1-19(26)9-7-5-6-8-10-24(27)29-23-17-13-21(14-18-23)25(2,3)20-11-15-22(28-4)16-12-20/h11-18H,5-10H2,1-4H3. The largest absolute Gasteiger partial charge is 0.497 e. The molecule has 0 amide bonds. The number of benzene rings is 2. The van der Waals surface area contributed by atoms with Crippen molar-refractivity contribution in [1.82, 2.24) is 0 Å². The number of unbranched alkanes of at least 4 members (excludes halogenated alkanes) is 3. The van der Waals surface area contributed by atoms with E-state index in [1.54, 1.807) is 14.0 Å². The molecule has 2 aromatic carbocycles. The predicted molar refractivity (Wildman–Crippen MR) is 116 cm³/mol. The molecule has 0 bridgehead atoms. The molecule has 0 unspecified atom stereocenters. The van der Waals surface area contributed by atoms with Crippen LogP contribution in [0.4, 0.5) is 0 Å². The summed E-state index contributed by atoms with van der Waals surface area (Å²) in [6.45, 7) is 5.95. The van der Waals surface area contributed by atoms with Gasteiger partial charge >= 0.3 is 5.97 Å². The van der Waals surface area contributed by atoms with Crippen LogP contribution in [0.2, 0.25) is 0 Å². The van der Waals surface area contributed by atoms with Crippen LogP contribution in [-0.2, 0) is 15.0 Å². The number of carbonyl (C=O) groups excluding carboxylic acids is 2. The van der Waals surface area contributed by atoms with Crippen molar-refractivity contribution < 1.29 is 19.1 Å². The van der Waals surface area contributed by atoms with E-state index in [1.807, 2.05) is 36.4 Å². The molecule has 0 atom stereocenters. The van der Waals surface area contributed by atoms with E-state index in [0.717, 1.165) is 37.0 Å². The van der Waals surface area contributed by atoms with Crippen molar-refractivity contribution in [2.75, 3.05) is 7.11 Å². The SMILES string of the molecule is COc1ccc(C(C)(C)c2ccc(OC(=O)CCCCCCC(C)=O)cc2)cc1. The molecule has 0 radical (unpaired) electrons. The first-order valence-electron chi connectivity index (χ1n) is 10.3. The lowest BCUT2D eigenvalue weighted by Gasteiger charge is -2.26. The molecule has 4 heteroatoms. The van der Waals surface area contributed by atoms with Crippen LogP contribution in [0.25, 0.3) is 0 Å². The van der Waals surface area contributed by atoms with Crippen LogP contribution in [-0.4, -0.2) is 18.9 Å². The van der Waals surface area contributed by atoms with E-state index in [2.05, 4.69) is 26.0 Å². The van der Waals surface area contributed by atoms with Gasteiger partial charge in [-0.05, 0) is 55.2 Å². The van der Waals surface area contributed by atoms with Gasteiger partial charge in [0.2, 0.25) is 0 Å². The number of hydrogen-bond acceptors (Lipinski definition) is 4. The summed E-state index contributed by atoms with van der Waals surface area (Å²) in [6.07, 6.45) is 4.64. The molecule has 0 N–H and O–H groups in total. The third-order valence-corrected chi connectivity index (χ3v) is 5.28. The van der Waals surface area contributed by atoms with Crippen LogP contribution in [0, 0.1) is 0 Å². The number of ether oxygens (including phenoxy) is 2. The van der Waals surface area contributed by atoms with Crippen LogP contribution in [0.1, 0.15) is 70.4 Å². The fraction of sp³-hybridized carbons (Fsp3) is 0.440. The number of methoxy groups -OCH3 is 1. The zero-order valence-electron chi connectivity index (χ0n) is 18.0. The molecule has 0 heterocycles. The van der Waals surface area contributed by atoms with Crippen molar-refractivity contribution in [2.45, 2.75) is 64.7 Å². The molecule has 0 aliphatic heterocycles. The first-order chi connectivity index (χ1) is 13.8. The van der Waals surface area contributed by atoms with Gasteiger partial charge in [-0.15, -0.1) is 0 Å². The van der Waals surface area contributed by atoms with Gasteiger partial charge in [0, 0.05) is 18.3 Å². The highest BCUT2D eigenvalue weighted by Gasteiger charge is 2.23. The van der Waals surface area contributed by atoms with E-state index in [0.29, 0.717) is 18.6 Å². The predicted octanol–water partition coefficient (Wildman–Crippen LogP) is 5.86. The molecule has 156 valence electrons. The molecule has 2 rings (SSSR count). The number of Topliss-reactive ketones (excluding diaryl/α,β-unsaturated/α-hetero) is 1. The Morgan fingerprint density at radius 1 is 0.759 bits per heavy atom. The van der Waals surface area contributed by atoms with E-state index >= 15 is 0 Å². The van der Waals surface area contributed by atoms with E-state index in [-0.39, 0.29) is 17.2 Å². The minimum atomic E-state index is -0.210. The maximum absolute atomic E-state index is 12.0. The number of rotatable bonds is 11. The average molecular weight is 397 g/mol. The summed E-state index contributed by atoms with van der Waals surface area (Å²) in [5, 5.41) is 0. The molecule has 0 fully saturated rings. The van der Waals surface area contributed by atoms with Crippen LogP contribution in [0.15, 0.2) is 48.5 Å². The second-order valence-corrected chi connectivity index (χ2v) is 7.97. The lowest BCUT2D eigenvalue weighted by atomic mass is 9.78. The third kappa shape index (κ3) is 7.04. The van der Waals surface area contributed by atoms with E-state index in [4.69, 9.17) is 9.47 Å². The molecular weight excluding hydrogens is 364 g/mol. The number of esters is 1. The fourth-order valence-corrected chi connectivity index (χ4v) is 3.29. The molecule has 2 aromatic rings. The van der Waals surface area contributed by atoms with Gasteiger partial charge in [-0.2, -0.15) is 0 Å². The Morgan fingerprint density at radius 2 is 1.24 bits per heavy atom. The van der Waals surface area contributed by atoms with E-state index < -0.39 is 0 Å². The van der Waals surface area contributed by atoms with Crippen molar-refractivity contribution in [3.8, 4) is 11.5 Å². The highest BCUT2D eigenvalue weighted by atomic mass is 16.5. The van der Waals surface area contributed by atoms with Gasteiger partial charge in [-0.1, -0.05) is 51.0 Å². The second kappa shape index (κ2) is 10.8. The molecule has 0 aliphatic carbocycles. The molecule has 0 saturated heterocycles. The lowest BCUT2D eigenvalue weighted by Crippen LogP contribution is -2.18. The minimum Gasteiger partial charge on any atom is -0.497 e. The van der Waals surface area contributed by atoms with Gasteiger partial charge in [-0.25, -0.2) is 0 Å². The number of hydrogen-bond donors (Lipinski definition) is 0. The Morgan fingerprint density at radius 3 is 1.72 bits per heavy atom. The highest BCUT2D eigenvalue weighted by molar-refractivity contribution is 5.75. The zero-order chi connectivity index (χ0) is 21.3. The van der Waals surface area contributed by atoms with E-state index in [9.17, 15) is 9.59 Å². The van der Waals surface area contributed by atoms with Crippen LogP contribution < -0.4 is 9.47 Å². The summed E-state index contributed by atoms with van der Waals surface area (Å²) in [6, 6.07) is 15.8. The quantitative estimate of drug-likeness (QED) is 0.271. The molecule has 4 nitrogen and oxygen atoms in total. The summed E-state index contributed by atoms with van der Waals surface area (Å²) >= 11 is 0. The van der Waals surface area contributed by atoms with Gasteiger partial charge in [0.25, 0.3) is 0 Å². The number of carbonyl (C=O) groups is 2. The Hall–Kier alpha value is -2.62. The maximum atomic E-state index is 12.0. The van der Waals surface area contributed by atoms with Gasteiger partial charge in [0.15, 0.2) is 0 Å². The molecule has 0 spiro atoms. The Labute approximate surface area is 174 Å². The topological polar surface area (TPSA) is 52.6 Å². The van der Waals surface area contributed by atoms with E-state index in [1.165, 1.54) is 5.56 Å². The van der Waals surface area contributed by atoms with Gasteiger partial charge < -0.3 is 14.3 Å². The van der Waals surface area contributed by atoms with Crippen molar-refractivity contribution in [1.29, 1.82) is 0 Å². The summed E-state index contributed by atoms with van der Waals surface area (Å²) < 4.78 is 10.7. The number of ketones is 1. The monoisotopic (exact) mass is 396 g/mol. The first kappa shape index (κ1) is 22.7. The smallest absolute Gasteiger partial charge is 0.311 e. The second-order valence-electron chi connectivity index (χ2n) is 7.97. The zero-order valence-corrected chi connectivity index (χ0v) is 18.0. The summed E-state index contributed by atoms with van der Waals surface area (Å²) in [5.74, 6) is 1.42. The molecule has 29 heavy (non-hydrogen) atoms. The first-order valence-corrected chi connectivity index (χ1v) is 10.3. The molecular formula is C25H32O4. The Kier molecular flexibility index (Phi) is 8.44. The average Bonchev–Trinajstić information content (AvgIpc) is 2.71. The van der Waals surface area contributed by atoms with Crippen LogP contribution in [0.3, 0.4) is 0 Å². The van der Waals surface area contributed by atoms with Gasteiger partial charge in [0.1, 0.15) is 17.3 Å². The Bertz CT molecular complexity index is 789. The van der Waals surface area contributed by atoms with Crippen LogP contribution in [0.5, 0.6) is 11.5 Å². The van der Waals surface area contributed by atoms with Gasteiger partial charge in [-0.3, -0.25) is 4.79 Å². The summed E-state index contributed by atoms with van der Waals surface area (Å²) in [7, 11) is 1.66. The molecule has 0 aliphatic rings. The fourth-order valence-electron chi connectivity index (χ4n) is 3.29. The normalized spacial score (nSPS) is 11.2. The van der Waals surface area contributed by atoms with Crippen molar-refractivity contribution in [3.63, 3.8) is 0 Å². The highest BCUT2D eigenvalue weighted by Crippen LogP contribution is 2.33. The van der Waals surface area contributed by atoms with Crippen molar-refractivity contribution >= 4 is 11.8 Å². The van der Waals surface area contributed by atoms with Crippen LogP contribution >= 0.6 is 0 Å². The maximum Gasteiger partial charge on any atom is 0.311 e. The minimum absolute atomic E-state index is 0.172. The van der Waals surface area contributed by atoms with Gasteiger partial charge in [0.05, 0.1) is 7.11 Å². The molecule has 0 saturated carbocycles. The Balaban J connectivity index is 1.85. The lowest BCUT2D eigenvalue weighted by molar-refractivity contribution is -0.134. The summed E-state index contributed by atoms with van der Waals surface area (Å²) in [4.78, 5) is 22.9. The van der Waals surface area contributed by atoms with Crippen molar-refractivity contribution in [3.05, 3.63) is 59.7 Å². The third-order valence-electron chi connectivity index (χ3n) is 5.28.